The van der Waals surface area contributed by atoms with E-state index in [-0.39, 0.29) is 0 Å². The minimum atomic E-state index is -4.85. The molecule has 0 amide bonds. The number of carbonyl (C=O) groups is 2. The number of esters is 1. The number of hydrogen-bond donors (Lipinski definition) is 0. The molecule has 0 fully saturated rings. The third kappa shape index (κ3) is 11.4. The molecule has 0 spiro atoms. The molecule has 4 rings (SSSR count). The molecule has 9 heteroatoms. The Morgan fingerprint density at radius 3 is 1.91 bits per heavy atom. The maximum absolute atomic E-state index is 12.8. The molecule has 1 heterocycles. The summed E-state index contributed by atoms with van der Waals surface area (Å²) >= 11 is 0. The predicted octanol–water partition coefficient (Wildman–Crippen LogP) is 9.89. The highest BCUT2D eigenvalue weighted by Crippen LogP contribution is 2.34. The number of aldehydes is 1. The lowest BCUT2D eigenvalue weighted by Gasteiger charge is -2.24. The molecule has 0 aliphatic heterocycles. The summed E-state index contributed by atoms with van der Waals surface area (Å²) in [6.45, 7) is 16.8. The summed E-state index contributed by atoms with van der Waals surface area (Å²) in [5.41, 5.74) is 1.11. The molecule has 1 unspecified atom stereocenters. The summed E-state index contributed by atoms with van der Waals surface area (Å²) in [5, 5.41) is 0.480. The zero-order valence-electron chi connectivity index (χ0n) is 27.0. The highest BCUT2D eigenvalue weighted by atomic mass is 19.4. The van der Waals surface area contributed by atoms with Gasteiger partial charge in [0, 0.05) is 34.5 Å². The lowest BCUT2D eigenvalue weighted by atomic mass is 10.1. The largest absolute Gasteiger partial charge is 0.573 e. The molecule has 0 N–H and O–H groups in total. The van der Waals surface area contributed by atoms with Crippen LogP contribution in [0.25, 0.3) is 16.6 Å². The van der Waals surface area contributed by atoms with E-state index >= 15 is 0 Å². The van der Waals surface area contributed by atoms with E-state index in [4.69, 9.17) is 9.47 Å². The zero-order chi connectivity index (χ0) is 33.5. The zero-order valence-corrected chi connectivity index (χ0v) is 27.0. The Labute approximate surface area is 258 Å². The molecule has 44 heavy (non-hydrogen) atoms. The molecule has 1 aromatic heterocycles. The number of hydrogen-bond acceptors (Lipinski definition) is 5. The van der Waals surface area contributed by atoms with Gasteiger partial charge in [0.25, 0.3) is 0 Å². The molecule has 0 saturated heterocycles. The smallest absolute Gasteiger partial charge is 0.479 e. The van der Waals surface area contributed by atoms with Crippen LogP contribution in [0, 0.1) is 6.92 Å². The number of carbonyl (C=O) groups excluding carboxylic acids is 2. The van der Waals surface area contributed by atoms with Crippen molar-refractivity contribution in [3.63, 3.8) is 0 Å². The van der Waals surface area contributed by atoms with Crippen molar-refractivity contribution in [2.75, 3.05) is 0 Å². The molecule has 4 aromatic rings. The van der Waals surface area contributed by atoms with Gasteiger partial charge in [0.1, 0.15) is 17.1 Å². The second-order valence-corrected chi connectivity index (χ2v) is 9.88. The van der Waals surface area contributed by atoms with Gasteiger partial charge in [0.05, 0.1) is 5.52 Å². The van der Waals surface area contributed by atoms with Gasteiger partial charge in [-0.1, -0.05) is 77.1 Å². The van der Waals surface area contributed by atoms with E-state index in [1.165, 1.54) is 18.2 Å². The SMILES string of the molecule is CC.CC.CCC(Oc1cccc(-n2c(C)c(C=O)c3ccc(OC(F)(F)F)cc32)c1)C(=O)OC(C)(C)C.c1ccccc1. The fourth-order valence-corrected chi connectivity index (χ4v) is 4.01. The minimum Gasteiger partial charge on any atom is -0.479 e. The van der Waals surface area contributed by atoms with Crippen molar-refractivity contribution in [3.05, 3.63) is 90.1 Å². The molecule has 0 aliphatic rings. The molecule has 0 radical (unpaired) electrons. The molecular formula is C35H44F3NO5. The first kappa shape index (κ1) is 37.8. The molecule has 3 aromatic carbocycles. The summed E-state index contributed by atoms with van der Waals surface area (Å²) in [5.74, 6) is -0.536. The van der Waals surface area contributed by atoms with Crippen molar-refractivity contribution in [1.29, 1.82) is 0 Å². The van der Waals surface area contributed by atoms with Crippen molar-refractivity contribution < 1.29 is 37.0 Å². The number of rotatable bonds is 7. The second kappa shape index (κ2) is 17.8. The number of halogens is 3. The van der Waals surface area contributed by atoms with Crippen LogP contribution in [0.4, 0.5) is 13.2 Å². The van der Waals surface area contributed by atoms with Crippen LogP contribution in [0.15, 0.2) is 78.9 Å². The van der Waals surface area contributed by atoms with Crippen LogP contribution in [0.2, 0.25) is 0 Å². The first-order valence-electron chi connectivity index (χ1n) is 14.7. The first-order chi connectivity index (χ1) is 20.8. The quantitative estimate of drug-likeness (QED) is 0.153. The average Bonchev–Trinajstić information content (AvgIpc) is 3.27. The fourth-order valence-electron chi connectivity index (χ4n) is 4.01. The maximum atomic E-state index is 12.8. The molecule has 1 atom stereocenters. The minimum absolute atomic E-state index is 0.347. The summed E-state index contributed by atoms with van der Waals surface area (Å²) in [6, 6.07) is 22.5. The van der Waals surface area contributed by atoms with Crippen molar-refractivity contribution in [3.8, 4) is 17.2 Å². The van der Waals surface area contributed by atoms with Crippen molar-refractivity contribution >= 4 is 23.2 Å². The highest BCUT2D eigenvalue weighted by molar-refractivity contribution is 6.00. The first-order valence-corrected chi connectivity index (χ1v) is 14.7. The fraction of sp³-hybridized carbons (Fsp3) is 0.371. The van der Waals surface area contributed by atoms with E-state index in [0.717, 1.165) is 0 Å². The highest BCUT2D eigenvalue weighted by Gasteiger charge is 2.31. The van der Waals surface area contributed by atoms with E-state index in [2.05, 4.69) is 4.74 Å². The molecule has 0 aliphatic carbocycles. The number of fused-ring (bicyclic) bond motifs is 1. The number of alkyl halides is 3. The molecule has 240 valence electrons. The Balaban J connectivity index is 0.000000837. The van der Waals surface area contributed by atoms with Crippen LogP contribution >= 0.6 is 0 Å². The monoisotopic (exact) mass is 615 g/mol. The van der Waals surface area contributed by atoms with Crippen LogP contribution in [0.5, 0.6) is 11.5 Å². The van der Waals surface area contributed by atoms with E-state index in [0.29, 0.717) is 46.3 Å². The van der Waals surface area contributed by atoms with E-state index in [1.54, 1.807) is 63.5 Å². The summed E-state index contributed by atoms with van der Waals surface area (Å²) in [6.07, 6.45) is -4.65. The molecule has 0 bridgehead atoms. The van der Waals surface area contributed by atoms with E-state index < -0.39 is 29.8 Å². The summed E-state index contributed by atoms with van der Waals surface area (Å²) in [4.78, 5) is 24.2. The second-order valence-electron chi connectivity index (χ2n) is 9.88. The standard InChI is InChI=1S/C25H26F3NO5.C6H6.2C2H6/c1-6-22(23(31)34-24(3,4)5)32-17-9-7-8-16(12-17)29-15(2)20(14-30)19-11-10-18(13-21(19)29)33-25(26,27)28;1-2-4-6-5-3-1;2*1-2/h7-14,22H,6H2,1-5H3;1-6H;2*1-2H3. The summed E-state index contributed by atoms with van der Waals surface area (Å²) in [7, 11) is 0. The molecule has 6 nitrogen and oxygen atoms in total. The Kier molecular flexibility index (Phi) is 15.2. The normalized spacial score (nSPS) is 11.4. The number of ether oxygens (including phenoxy) is 3. The topological polar surface area (TPSA) is 66.8 Å². The van der Waals surface area contributed by atoms with Gasteiger partial charge in [0.15, 0.2) is 12.4 Å². The van der Waals surface area contributed by atoms with Gasteiger partial charge in [-0.25, -0.2) is 4.79 Å². The van der Waals surface area contributed by atoms with Gasteiger partial charge in [-0.2, -0.15) is 0 Å². The average molecular weight is 616 g/mol. The Hall–Kier alpha value is -4.27. The van der Waals surface area contributed by atoms with Crippen LogP contribution in [0.3, 0.4) is 0 Å². The lowest BCUT2D eigenvalue weighted by molar-refractivity contribution is -0.274. The summed E-state index contributed by atoms with van der Waals surface area (Å²) < 4.78 is 55.3. The third-order valence-electron chi connectivity index (χ3n) is 5.64. The van der Waals surface area contributed by atoms with Gasteiger partial charge in [-0.15, -0.1) is 13.2 Å². The van der Waals surface area contributed by atoms with E-state index in [9.17, 15) is 22.8 Å². The lowest BCUT2D eigenvalue weighted by Crippen LogP contribution is -2.34. The molecule has 0 saturated carbocycles. The Bertz CT molecular complexity index is 1410. The Morgan fingerprint density at radius 1 is 0.864 bits per heavy atom. The van der Waals surface area contributed by atoms with Gasteiger partial charge < -0.3 is 18.8 Å². The predicted molar refractivity (Wildman–Crippen MR) is 170 cm³/mol. The van der Waals surface area contributed by atoms with Crippen molar-refractivity contribution in [2.24, 2.45) is 0 Å². The van der Waals surface area contributed by atoms with Crippen LogP contribution in [0.1, 0.15) is 77.9 Å². The molecular weight excluding hydrogens is 571 g/mol. The van der Waals surface area contributed by atoms with Gasteiger partial charge in [-0.05, 0) is 58.4 Å². The number of benzene rings is 3. The Morgan fingerprint density at radius 2 is 1.43 bits per heavy atom. The van der Waals surface area contributed by atoms with Crippen LogP contribution in [-0.2, 0) is 9.53 Å². The van der Waals surface area contributed by atoms with E-state index in [1.807, 2.05) is 64.1 Å². The third-order valence-corrected chi connectivity index (χ3v) is 5.64. The van der Waals surface area contributed by atoms with Gasteiger partial charge >= 0.3 is 12.3 Å². The van der Waals surface area contributed by atoms with Gasteiger partial charge in [0.2, 0.25) is 0 Å². The van der Waals surface area contributed by atoms with Gasteiger partial charge in [-0.3, -0.25) is 4.79 Å². The number of nitrogens with zero attached hydrogens (tertiary/aromatic N) is 1. The van der Waals surface area contributed by atoms with Crippen LogP contribution < -0.4 is 9.47 Å². The van der Waals surface area contributed by atoms with Crippen molar-refractivity contribution in [1.82, 2.24) is 4.57 Å². The van der Waals surface area contributed by atoms with Crippen molar-refractivity contribution in [2.45, 2.75) is 86.8 Å². The number of aromatic nitrogens is 1. The maximum Gasteiger partial charge on any atom is 0.573 e. The van der Waals surface area contributed by atoms with Crippen LogP contribution in [-0.4, -0.2) is 34.9 Å².